The smallest absolute Gasteiger partial charge is 0.229 e. The number of aliphatic imine (C=N–C) groups is 1. The largest absolute Gasteiger partial charge is 0.444 e. The summed E-state index contributed by atoms with van der Waals surface area (Å²) in [6, 6.07) is 3.85. The molecule has 0 saturated heterocycles. The lowest BCUT2D eigenvalue weighted by molar-refractivity contribution is -0.0558. The second kappa shape index (κ2) is 4.18. The molecule has 0 bridgehead atoms. The molecule has 0 aliphatic rings. The standard InChI is InChI=1S/C9H6ClF4N/c1-5-3-2-4-6(11)7(5)15-8(10)9(12,13)14/h2-4H,1H3. The van der Waals surface area contributed by atoms with Gasteiger partial charge in [0.05, 0.1) is 0 Å². The van der Waals surface area contributed by atoms with Crippen LogP contribution in [0.4, 0.5) is 23.2 Å². The molecule has 15 heavy (non-hydrogen) atoms. The van der Waals surface area contributed by atoms with Crippen molar-refractivity contribution in [3.8, 4) is 0 Å². The lowest BCUT2D eigenvalue weighted by Gasteiger charge is -2.05. The first-order chi connectivity index (χ1) is 6.82. The second-order valence-electron chi connectivity index (χ2n) is 2.81. The molecule has 0 radical (unpaired) electrons. The van der Waals surface area contributed by atoms with Gasteiger partial charge in [0.25, 0.3) is 0 Å². The van der Waals surface area contributed by atoms with Gasteiger partial charge in [0.1, 0.15) is 11.5 Å². The molecule has 0 atom stereocenters. The number of nitrogens with zero attached hydrogens (tertiary/aromatic N) is 1. The second-order valence-corrected chi connectivity index (χ2v) is 3.16. The third-order valence-electron chi connectivity index (χ3n) is 1.63. The van der Waals surface area contributed by atoms with Crippen molar-refractivity contribution in [1.29, 1.82) is 0 Å². The van der Waals surface area contributed by atoms with Crippen LogP contribution in [0.2, 0.25) is 0 Å². The van der Waals surface area contributed by atoms with Crippen molar-refractivity contribution >= 4 is 22.5 Å². The molecule has 0 heterocycles. The summed E-state index contributed by atoms with van der Waals surface area (Å²) in [4.78, 5) is 3.01. The molecule has 1 nitrogen and oxygen atoms in total. The van der Waals surface area contributed by atoms with E-state index < -0.39 is 17.2 Å². The van der Waals surface area contributed by atoms with E-state index in [1.807, 2.05) is 0 Å². The van der Waals surface area contributed by atoms with Crippen molar-refractivity contribution in [2.24, 2.45) is 4.99 Å². The minimum atomic E-state index is -4.75. The molecule has 0 fully saturated rings. The van der Waals surface area contributed by atoms with E-state index in [4.69, 9.17) is 11.6 Å². The van der Waals surface area contributed by atoms with E-state index in [2.05, 4.69) is 4.99 Å². The maximum Gasteiger partial charge on any atom is 0.444 e. The van der Waals surface area contributed by atoms with Crippen LogP contribution in [0.5, 0.6) is 0 Å². The van der Waals surface area contributed by atoms with E-state index in [0.717, 1.165) is 6.07 Å². The van der Waals surface area contributed by atoms with Gasteiger partial charge in [0.15, 0.2) is 0 Å². The number of hydrogen-bond acceptors (Lipinski definition) is 1. The van der Waals surface area contributed by atoms with Gasteiger partial charge in [-0.25, -0.2) is 9.38 Å². The molecular weight excluding hydrogens is 234 g/mol. The molecule has 6 heteroatoms. The molecule has 1 aromatic carbocycles. The highest BCUT2D eigenvalue weighted by Gasteiger charge is 2.34. The average molecular weight is 240 g/mol. The maximum absolute atomic E-state index is 13.1. The molecule has 1 aromatic rings. The Bertz CT molecular complexity index is 377. The Morgan fingerprint density at radius 2 is 1.93 bits per heavy atom. The lowest BCUT2D eigenvalue weighted by Crippen LogP contribution is -2.16. The van der Waals surface area contributed by atoms with Crippen LogP contribution in [0.1, 0.15) is 5.56 Å². The molecule has 82 valence electrons. The summed E-state index contributed by atoms with van der Waals surface area (Å²) in [7, 11) is 0. The van der Waals surface area contributed by atoms with Crippen molar-refractivity contribution in [1.82, 2.24) is 0 Å². The summed E-state index contributed by atoms with van der Waals surface area (Å²) < 4.78 is 49.1. The third kappa shape index (κ3) is 2.92. The zero-order chi connectivity index (χ0) is 11.6. The van der Waals surface area contributed by atoms with Gasteiger partial charge in [-0.1, -0.05) is 23.7 Å². The Morgan fingerprint density at radius 3 is 2.40 bits per heavy atom. The lowest BCUT2D eigenvalue weighted by atomic mass is 10.2. The van der Waals surface area contributed by atoms with E-state index in [1.165, 1.54) is 19.1 Å². The normalized spacial score (nSPS) is 13.1. The summed E-state index contributed by atoms with van der Waals surface area (Å²) in [5.74, 6) is -0.836. The molecule has 0 aliphatic heterocycles. The van der Waals surface area contributed by atoms with Gasteiger partial charge >= 0.3 is 6.18 Å². The van der Waals surface area contributed by atoms with E-state index in [9.17, 15) is 17.6 Å². The molecule has 0 aliphatic carbocycles. The van der Waals surface area contributed by atoms with E-state index in [1.54, 1.807) is 0 Å². The van der Waals surface area contributed by atoms with E-state index in [0.29, 0.717) is 0 Å². The number of benzene rings is 1. The van der Waals surface area contributed by atoms with Crippen LogP contribution in [0, 0.1) is 12.7 Å². The predicted molar refractivity (Wildman–Crippen MR) is 50.1 cm³/mol. The van der Waals surface area contributed by atoms with Gasteiger partial charge in [-0.15, -0.1) is 0 Å². The summed E-state index contributed by atoms with van der Waals surface area (Å²) >= 11 is 4.89. The van der Waals surface area contributed by atoms with Crippen molar-refractivity contribution in [2.45, 2.75) is 13.1 Å². The fourth-order valence-electron chi connectivity index (χ4n) is 0.926. The van der Waals surface area contributed by atoms with Crippen molar-refractivity contribution in [3.05, 3.63) is 29.6 Å². The number of alkyl halides is 3. The minimum absolute atomic E-state index is 0.289. The zero-order valence-corrected chi connectivity index (χ0v) is 8.33. The molecule has 0 spiro atoms. The first kappa shape index (κ1) is 12.0. The monoisotopic (exact) mass is 239 g/mol. The predicted octanol–water partition coefficient (Wildman–Crippen LogP) is 3.97. The van der Waals surface area contributed by atoms with Crippen LogP contribution in [-0.2, 0) is 0 Å². The zero-order valence-electron chi connectivity index (χ0n) is 7.57. The number of para-hydroxylation sites is 1. The Labute approximate surface area is 88.4 Å². The number of hydrogen-bond donors (Lipinski definition) is 0. The summed E-state index contributed by atoms with van der Waals surface area (Å²) in [6.07, 6.45) is -4.75. The van der Waals surface area contributed by atoms with Gasteiger partial charge in [-0.2, -0.15) is 13.2 Å². The first-order valence-electron chi connectivity index (χ1n) is 3.89. The van der Waals surface area contributed by atoms with Crippen molar-refractivity contribution < 1.29 is 17.6 Å². The highest BCUT2D eigenvalue weighted by atomic mass is 35.5. The molecule has 1 rings (SSSR count). The summed E-state index contributed by atoms with van der Waals surface area (Å²) in [5, 5.41) is -1.59. The molecule has 0 unspecified atom stereocenters. The average Bonchev–Trinajstić information content (AvgIpc) is 2.09. The van der Waals surface area contributed by atoms with Gasteiger partial charge in [0, 0.05) is 0 Å². The van der Waals surface area contributed by atoms with Gasteiger partial charge in [0.2, 0.25) is 5.17 Å². The number of halogens is 5. The number of aryl methyl sites for hydroxylation is 1. The maximum atomic E-state index is 13.1. The van der Waals surface area contributed by atoms with E-state index in [-0.39, 0.29) is 11.3 Å². The van der Waals surface area contributed by atoms with Crippen LogP contribution in [-0.4, -0.2) is 11.3 Å². The van der Waals surface area contributed by atoms with Crippen LogP contribution in [0.15, 0.2) is 23.2 Å². The number of rotatable bonds is 1. The van der Waals surface area contributed by atoms with Gasteiger partial charge in [-0.05, 0) is 18.6 Å². The minimum Gasteiger partial charge on any atom is -0.229 e. The highest BCUT2D eigenvalue weighted by Crippen LogP contribution is 2.27. The van der Waals surface area contributed by atoms with Crippen molar-refractivity contribution in [2.75, 3.05) is 0 Å². The fraction of sp³-hybridized carbons (Fsp3) is 0.222. The van der Waals surface area contributed by atoms with E-state index >= 15 is 0 Å². The van der Waals surface area contributed by atoms with Crippen LogP contribution in [0.3, 0.4) is 0 Å². The molecular formula is C9H6ClF4N. The molecule has 0 N–H and O–H groups in total. The Morgan fingerprint density at radius 1 is 1.33 bits per heavy atom. The SMILES string of the molecule is Cc1cccc(F)c1N=C(Cl)C(F)(F)F. The van der Waals surface area contributed by atoms with Crippen LogP contribution >= 0.6 is 11.6 Å². The van der Waals surface area contributed by atoms with Gasteiger partial charge in [-0.3, -0.25) is 0 Å². The quantitative estimate of drug-likeness (QED) is 0.519. The Hall–Kier alpha value is -1.10. The Balaban J connectivity index is 3.19. The van der Waals surface area contributed by atoms with Crippen LogP contribution < -0.4 is 0 Å². The highest BCUT2D eigenvalue weighted by molar-refractivity contribution is 6.67. The van der Waals surface area contributed by atoms with Crippen molar-refractivity contribution in [3.63, 3.8) is 0 Å². The Kier molecular flexibility index (Phi) is 3.34. The topological polar surface area (TPSA) is 12.4 Å². The fourth-order valence-corrected chi connectivity index (χ4v) is 1.01. The molecule has 0 aromatic heterocycles. The van der Waals surface area contributed by atoms with Crippen LogP contribution in [0.25, 0.3) is 0 Å². The summed E-state index contributed by atoms with van der Waals surface area (Å²) in [6.45, 7) is 1.45. The van der Waals surface area contributed by atoms with Gasteiger partial charge < -0.3 is 0 Å². The molecule has 0 amide bonds. The first-order valence-corrected chi connectivity index (χ1v) is 4.26. The summed E-state index contributed by atoms with van der Waals surface area (Å²) in [5.41, 5.74) is -0.0998. The molecule has 0 saturated carbocycles. The third-order valence-corrected chi connectivity index (χ3v) is 1.93.